The van der Waals surface area contributed by atoms with Crippen molar-refractivity contribution < 1.29 is 4.79 Å². The molecular weight excluding hydrogens is 368 g/mol. The van der Waals surface area contributed by atoms with Crippen molar-refractivity contribution in [1.29, 1.82) is 0 Å². The fourth-order valence-corrected chi connectivity index (χ4v) is 3.71. The average Bonchev–Trinajstić information content (AvgIpc) is 3.57. The van der Waals surface area contributed by atoms with Gasteiger partial charge in [0.1, 0.15) is 11.4 Å². The van der Waals surface area contributed by atoms with Crippen LogP contribution in [0.25, 0.3) is 22.5 Å². The Labute approximate surface area is 169 Å². The summed E-state index contributed by atoms with van der Waals surface area (Å²) in [4.78, 5) is 18.9. The molecule has 0 atom stereocenters. The summed E-state index contributed by atoms with van der Waals surface area (Å²) in [7, 11) is 1.87. The van der Waals surface area contributed by atoms with Crippen molar-refractivity contribution in [2.45, 2.75) is 18.0 Å². The Balaban J connectivity index is 1.56. The molecule has 1 aromatic heterocycles. The first kappa shape index (κ1) is 18.6. The van der Waals surface area contributed by atoms with Crippen LogP contribution in [0.5, 0.6) is 0 Å². The van der Waals surface area contributed by atoms with Crippen LogP contribution in [0.2, 0.25) is 0 Å². The second kappa shape index (κ2) is 8.52. The summed E-state index contributed by atoms with van der Waals surface area (Å²) >= 11 is 1.34. The first-order valence-electron chi connectivity index (χ1n) is 9.43. The Morgan fingerprint density at radius 1 is 0.964 bits per heavy atom. The molecular formula is C22H22N4OS. The number of thioether (sulfide) groups is 1. The van der Waals surface area contributed by atoms with Crippen LogP contribution in [0.3, 0.4) is 0 Å². The Morgan fingerprint density at radius 2 is 1.57 bits per heavy atom. The molecule has 4 rings (SSSR count). The van der Waals surface area contributed by atoms with E-state index in [1.165, 1.54) is 24.6 Å². The van der Waals surface area contributed by atoms with Gasteiger partial charge in [-0.15, -0.1) is 10.2 Å². The highest BCUT2D eigenvalue weighted by atomic mass is 32.2. The second-order valence-corrected chi connectivity index (χ2v) is 7.97. The van der Waals surface area contributed by atoms with Gasteiger partial charge < -0.3 is 4.90 Å². The highest BCUT2D eigenvalue weighted by Gasteiger charge is 2.25. The van der Waals surface area contributed by atoms with Gasteiger partial charge >= 0.3 is 0 Å². The largest absolute Gasteiger partial charge is 0.345 e. The van der Waals surface area contributed by atoms with Crippen molar-refractivity contribution in [1.82, 2.24) is 20.1 Å². The zero-order valence-electron chi connectivity index (χ0n) is 15.8. The van der Waals surface area contributed by atoms with Crippen molar-refractivity contribution in [3.05, 3.63) is 60.7 Å². The fourth-order valence-electron chi connectivity index (χ4n) is 2.99. The van der Waals surface area contributed by atoms with E-state index in [0.29, 0.717) is 16.8 Å². The molecule has 1 heterocycles. The monoisotopic (exact) mass is 390 g/mol. The minimum absolute atomic E-state index is 0.105. The van der Waals surface area contributed by atoms with Gasteiger partial charge in [-0.25, -0.2) is 4.98 Å². The van der Waals surface area contributed by atoms with Crippen LogP contribution < -0.4 is 0 Å². The van der Waals surface area contributed by atoms with Gasteiger partial charge in [0, 0.05) is 24.7 Å². The van der Waals surface area contributed by atoms with Gasteiger partial charge in [0.05, 0.1) is 5.75 Å². The lowest BCUT2D eigenvalue weighted by molar-refractivity contribution is -0.127. The summed E-state index contributed by atoms with van der Waals surface area (Å²) in [5, 5.41) is 9.25. The van der Waals surface area contributed by atoms with Crippen LogP contribution in [0.1, 0.15) is 12.8 Å². The number of hydrogen-bond donors (Lipinski definition) is 0. The van der Waals surface area contributed by atoms with E-state index in [-0.39, 0.29) is 5.91 Å². The molecule has 142 valence electrons. The minimum Gasteiger partial charge on any atom is -0.345 e. The maximum atomic E-state index is 12.4. The predicted molar refractivity (Wildman–Crippen MR) is 112 cm³/mol. The van der Waals surface area contributed by atoms with E-state index < -0.39 is 0 Å². The molecule has 6 heteroatoms. The molecule has 3 aromatic rings. The first-order chi connectivity index (χ1) is 13.7. The number of nitrogens with zero attached hydrogens (tertiary/aromatic N) is 4. The molecule has 1 aliphatic carbocycles. The van der Waals surface area contributed by atoms with Gasteiger partial charge in [-0.1, -0.05) is 72.4 Å². The summed E-state index contributed by atoms with van der Waals surface area (Å²) in [5.41, 5.74) is 3.48. The summed E-state index contributed by atoms with van der Waals surface area (Å²) in [6.07, 6.45) is 2.47. The van der Waals surface area contributed by atoms with E-state index in [1.54, 1.807) is 0 Å². The van der Waals surface area contributed by atoms with Crippen LogP contribution in [0.15, 0.2) is 65.8 Å². The van der Waals surface area contributed by atoms with Crippen molar-refractivity contribution in [2.24, 2.45) is 5.92 Å². The van der Waals surface area contributed by atoms with E-state index >= 15 is 0 Å². The quantitative estimate of drug-likeness (QED) is 0.567. The van der Waals surface area contributed by atoms with Gasteiger partial charge in [-0.2, -0.15) is 0 Å². The average molecular weight is 391 g/mol. The molecule has 1 aliphatic rings. The van der Waals surface area contributed by atoms with Gasteiger partial charge in [-0.3, -0.25) is 4.79 Å². The van der Waals surface area contributed by atoms with Crippen LogP contribution in [-0.4, -0.2) is 45.3 Å². The maximum absolute atomic E-state index is 12.4. The summed E-state index contributed by atoms with van der Waals surface area (Å²) in [6.45, 7) is 0.848. The van der Waals surface area contributed by atoms with Crippen molar-refractivity contribution >= 4 is 17.7 Å². The van der Waals surface area contributed by atoms with Gasteiger partial charge in [0.2, 0.25) is 11.1 Å². The van der Waals surface area contributed by atoms with E-state index in [4.69, 9.17) is 4.98 Å². The number of aromatic nitrogens is 3. The molecule has 0 radical (unpaired) electrons. The Kier molecular flexibility index (Phi) is 5.67. The number of carbonyl (C=O) groups is 1. The molecule has 5 nitrogen and oxygen atoms in total. The predicted octanol–water partition coefficient (Wildman–Crippen LogP) is 4.17. The van der Waals surface area contributed by atoms with Gasteiger partial charge in [-0.05, 0) is 18.8 Å². The summed E-state index contributed by atoms with van der Waals surface area (Å²) < 4.78 is 0. The summed E-state index contributed by atoms with van der Waals surface area (Å²) in [6, 6.07) is 19.9. The van der Waals surface area contributed by atoms with Crippen molar-refractivity contribution in [3.63, 3.8) is 0 Å². The Morgan fingerprint density at radius 3 is 2.18 bits per heavy atom. The van der Waals surface area contributed by atoms with E-state index in [1.807, 2.05) is 72.6 Å². The van der Waals surface area contributed by atoms with Crippen LogP contribution in [-0.2, 0) is 4.79 Å². The highest BCUT2D eigenvalue weighted by molar-refractivity contribution is 7.99. The molecule has 28 heavy (non-hydrogen) atoms. The Hall–Kier alpha value is -2.73. The second-order valence-electron chi connectivity index (χ2n) is 7.03. The SMILES string of the molecule is CN(CC1CC1)C(=O)CSc1nnc(-c2ccccc2)c(-c2ccccc2)n1. The van der Waals surface area contributed by atoms with Gasteiger partial charge in [0.25, 0.3) is 0 Å². The van der Waals surface area contributed by atoms with E-state index in [2.05, 4.69) is 10.2 Å². The molecule has 1 fully saturated rings. The lowest BCUT2D eigenvalue weighted by Crippen LogP contribution is -2.30. The lowest BCUT2D eigenvalue weighted by atomic mass is 10.0. The summed E-state index contributed by atoms with van der Waals surface area (Å²) in [5.74, 6) is 1.12. The van der Waals surface area contributed by atoms with E-state index in [0.717, 1.165) is 29.1 Å². The number of carbonyl (C=O) groups excluding carboxylic acids is 1. The molecule has 0 aliphatic heterocycles. The third-order valence-electron chi connectivity index (χ3n) is 4.74. The number of rotatable bonds is 7. The van der Waals surface area contributed by atoms with Crippen LogP contribution in [0, 0.1) is 5.92 Å². The first-order valence-corrected chi connectivity index (χ1v) is 10.4. The highest BCUT2D eigenvalue weighted by Crippen LogP contribution is 2.31. The molecule has 1 saturated carbocycles. The minimum atomic E-state index is 0.105. The standard InChI is InChI=1S/C22H22N4OS/c1-26(14-16-12-13-16)19(27)15-28-22-23-20(17-8-4-2-5-9-17)21(24-25-22)18-10-6-3-7-11-18/h2-11,16H,12-15H2,1H3. The van der Waals surface area contributed by atoms with Crippen LogP contribution in [0.4, 0.5) is 0 Å². The normalized spacial score (nSPS) is 13.3. The maximum Gasteiger partial charge on any atom is 0.232 e. The third-order valence-corrected chi connectivity index (χ3v) is 5.56. The lowest BCUT2D eigenvalue weighted by Gasteiger charge is -2.16. The number of benzene rings is 2. The zero-order valence-corrected chi connectivity index (χ0v) is 16.6. The fraction of sp³-hybridized carbons (Fsp3) is 0.273. The molecule has 0 unspecified atom stereocenters. The smallest absolute Gasteiger partial charge is 0.232 e. The number of hydrogen-bond acceptors (Lipinski definition) is 5. The van der Waals surface area contributed by atoms with E-state index in [9.17, 15) is 4.79 Å². The molecule has 2 aromatic carbocycles. The molecule has 1 amide bonds. The molecule has 0 saturated heterocycles. The molecule has 0 N–H and O–H groups in total. The molecule has 0 bridgehead atoms. The Bertz CT molecular complexity index is 945. The van der Waals surface area contributed by atoms with Crippen molar-refractivity contribution in [2.75, 3.05) is 19.3 Å². The molecule has 0 spiro atoms. The third kappa shape index (κ3) is 4.57. The van der Waals surface area contributed by atoms with Crippen molar-refractivity contribution in [3.8, 4) is 22.5 Å². The number of amides is 1. The zero-order chi connectivity index (χ0) is 19.3. The van der Waals surface area contributed by atoms with Gasteiger partial charge in [0.15, 0.2) is 0 Å². The van der Waals surface area contributed by atoms with Crippen LogP contribution >= 0.6 is 11.8 Å². The topological polar surface area (TPSA) is 59.0 Å².